The Morgan fingerprint density at radius 3 is 1.33 bits per heavy atom. The number of piperazine rings is 2. The van der Waals surface area contributed by atoms with Crippen molar-refractivity contribution in [3.05, 3.63) is 119 Å². The molecular formula is C59H72F2N10O12. The summed E-state index contributed by atoms with van der Waals surface area (Å²) in [6.45, 7) is 12.9. The van der Waals surface area contributed by atoms with Crippen LogP contribution in [0.5, 0.6) is 0 Å². The molecule has 4 saturated heterocycles. The van der Waals surface area contributed by atoms with Gasteiger partial charge in [0.05, 0.1) is 42.4 Å². The number of cyclic esters (lactones) is 2. The minimum Gasteiger partial charge on any atom is -0.444 e. The lowest BCUT2D eigenvalue weighted by molar-refractivity contribution is -0.132. The third-order valence-electron chi connectivity index (χ3n) is 14.1. The fourth-order valence-corrected chi connectivity index (χ4v) is 9.55. The molecular weight excluding hydrogens is 1080 g/mol. The van der Waals surface area contributed by atoms with E-state index in [1.807, 2.05) is 9.80 Å². The predicted molar refractivity (Wildman–Crippen MR) is 304 cm³/mol. The van der Waals surface area contributed by atoms with Crippen LogP contribution in [0.4, 0.5) is 45.9 Å². The molecule has 4 aromatic carbocycles. The van der Waals surface area contributed by atoms with Crippen molar-refractivity contribution in [3.8, 4) is 0 Å². The summed E-state index contributed by atoms with van der Waals surface area (Å²) in [4.78, 5) is 119. The molecule has 0 unspecified atom stereocenters. The molecule has 5 N–H and O–H groups in total. The summed E-state index contributed by atoms with van der Waals surface area (Å²) < 4.78 is 45.8. The molecule has 4 aliphatic heterocycles. The summed E-state index contributed by atoms with van der Waals surface area (Å²) in [5.41, 5.74) is 9.20. The number of hydrogen-bond donors (Lipinski definition) is 4. The van der Waals surface area contributed by atoms with Crippen LogP contribution in [-0.4, -0.2) is 160 Å². The van der Waals surface area contributed by atoms with E-state index in [4.69, 9.17) is 19.9 Å². The van der Waals surface area contributed by atoms with E-state index in [1.165, 1.54) is 35.8 Å². The van der Waals surface area contributed by atoms with Gasteiger partial charge in [0.25, 0.3) is 0 Å². The van der Waals surface area contributed by atoms with Crippen LogP contribution >= 0.6 is 0 Å². The Kier molecular flexibility index (Phi) is 21.2. The number of anilines is 4. The largest absolute Gasteiger partial charge is 0.444 e. The van der Waals surface area contributed by atoms with Crippen molar-refractivity contribution in [1.29, 1.82) is 0 Å². The second kappa shape index (κ2) is 28.3. The molecule has 8 rings (SSSR count). The maximum Gasteiger partial charge on any atom is 0.414 e. The average Bonchev–Trinajstić information content (AvgIpc) is 4.21. The molecule has 0 bridgehead atoms. The smallest absolute Gasteiger partial charge is 0.414 e. The van der Waals surface area contributed by atoms with Gasteiger partial charge in [0, 0.05) is 123 Å². The summed E-state index contributed by atoms with van der Waals surface area (Å²) in [5.74, 6) is -1.73. The van der Waals surface area contributed by atoms with Gasteiger partial charge in [-0.25, -0.2) is 23.2 Å². The van der Waals surface area contributed by atoms with E-state index in [0.717, 1.165) is 11.1 Å². The number of nitrogens with two attached hydrogens (primary N) is 1. The van der Waals surface area contributed by atoms with E-state index in [-0.39, 0.29) is 87.1 Å². The molecule has 2 atom stereocenters. The number of benzene rings is 4. The zero-order valence-corrected chi connectivity index (χ0v) is 47.4. The highest BCUT2D eigenvalue weighted by atomic mass is 19.1. The minimum atomic E-state index is -0.656. The van der Waals surface area contributed by atoms with Crippen molar-refractivity contribution in [1.82, 2.24) is 25.8 Å². The molecule has 4 fully saturated rings. The van der Waals surface area contributed by atoms with Gasteiger partial charge >= 0.3 is 18.3 Å². The molecule has 0 aliphatic carbocycles. The van der Waals surface area contributed by atoms with E-state index in [0.29, 0.717) is 99.3 Å². The standard InChI is InChI=1S/C32H40FN5O7.C27H32FN5O5/c1-21(39)34-18-22-5-7-23(8-6-22)28(40)11-12-29(41)37-15-13-36(14-16-37)27-10-9-24(17-26(27)33)38-20-25(44-31(38)43)19-35-30(42)45-32(2,3)4;1-18(34)30-16-19-2-4-20(5-3-19)25(35)8-9-26(36)32-12-10-31(11-13-32)24-7-6-21(14-23(24)28)33-17-22(15-29)38-27(33)37/h5-10,17,25H,11-16,18-20H2,1-4H3,(H,34,39)(H,35,42);2-7,14,22H,8-13,15-17,29H2,1H3,(H,30,34)/t25-;22-/m00/s1. The summed E-state index contributed by atoms with van der Waals surface area (Å²) >= 11 is 0. The maximum absolute atomic E-state index is 15.2. The Labute approximate surface area is 480 Å². The van der Waals surface area contributed by atoms with Gasteiger partial charge in [0.1, 0.15) is 29.4 Å². The number of carbonyl (C=O) groups is 9. The Morgan fingerprint density at radius 2 is 0.964 bits per heavy atom. The molecule has 4 aliphatic rings. The molecule has 22 nitrogen and oxygen atoms in total. The Balaban J connectivity index is 0.000000242. The summed E-state index contributed by atoms with van der Waals surface area (Å²) in [5, 5.41) is 7.98. The van der Waals surface area contributed by atoms with Crippen LogP contribution < -0.4 is 41.3 Å². The number of amides is 7. The van der Waals surface area contributed by atoms with Crippen LogP contribution in [0.1, 0.15) is 92.1 Å². The van der Waals surface area contributed by atoms with E-state index in [9.17, 15) is 47.5 Å². The SMILES string of the molecule is CC(=O)NCc1ccc(C(=O)CCC(=O)N2CCN(c3ccc(N4C[C@H](CN)OC4=O)cc3F)CC2)cc1.CC(=O)NCc1ccc(C(=O)CCC(=O)N2CCN(c3ccc(N4C[C@H](CNC(=O)OC(C)(C)C)OC4=O)cc3F)CC2)cc1. The summed E-state index contributed by atoms with van der Waals surface area (Å²) in [6, 6.07) is 23.0. The third-order valence-corrected chi connectivity index (χ3v) is 14.1. The van der Waals surface area contributed by atoms with Crippen molar-refractivity contribution in [2.24, 2.45) is 5.73 Å². The first kappa shape index (κ1) is 61.9. The monoisotopic (exact) mass is 1150 g/mol. The Morgan fingerprint density at radius 1 is 0.566 bits per heavy atom. The van der Waals surface area contributed by atoms with Gasteiger partial charge in [-0.15, -0.1) is 0 Å². The number of nitrogens with zero attached hydrogens (tertiary/aromatic N) is 6. The maximum atomic E-state index is 15.2. The average molecular weight is 1150 g/mol. The molecule has 444 valence electrons. The first-order valence-electron chi connectivity index (χ1n) is 27.5. The van der Waals surface area contributed by atoms with Gasteiger partial charge < -0.3 is 55.5 Å². The van der Waals surface area contributed by atoms with Crippen molar-refractivity contribution in [2.75, 3.05) is 98.1 Å². The highest BCUT2D eigenvalue weighted by Gasteiger charge is 2.35. The Hall–Kier alpha value is -8.67. The first-order chi connectivity index (χ1) is 39.5. The van der Waals surface area contributed by atoms with E-state index < -0.39 is 47.7 Å². The lowest BCUT2D eigenvalue weighted by atomic mass is 10.0. The number of nitrogens with one attached hydrogen (secondary N) is 3. The molecule has 4 heterocycles. The van der Waals surface area contributed by atoms with Crippen LogP contribution in [-0.2, 0) is 46.5 Å². The summed E-state index contributed by atoms with van der Waals surface area (Å²) in [6.07, 6.45) is -2.46. The molecule has 7 amide bonds. The predicted octanol–water partition coefficient (Wildman–Crippen LogP) is 5.68. The lowest BCUT2D eigenvalue weighted by Gasteiger charge is -2.36. The van der Waals surface area contributed by atoms with Gasteiger partial charge in [-0.3, -0.25) is 38.6 Å². The van der Waals surface area contributed by atoms with Gasteiger partial charge in [0.2, 0.25) is 23.6 Å². The number of rotatable bonds is 19. The zero-order valence-electron chi connectivity index (χ0n) is 47.4. The number of hydrogen-bond acceptors (Lipinski definition) is 15. The number of carbonyl (C=O) groups excluding carboxylic acids is 9. The molecule has 0 spiro atoms. The van der Waals surface area contributed by atoms with Crippen LogP contribution in [0, 0.1) is 11.6 Å². The van der Waals surface area contributed by atoms with E-state index >= 15 is 4.39 Å². The summed E-state index contributed by atoms with van der Waals surface area (Å²) in [7, 11) is 0. The quantitative estimate of drug-likeness (QED) is 0.0650. The molecule has 0 saturated carbocycles. The van der Waals surface area contributed by atoms with Crippen LogP contribution in [0.3, 0.4) is 0 Å². The fraction of sp³-hybridized carbons (Fsp3) is 0.441. The third kappa shape index (κ3) is 17.7. The van der Waals surface area contributed by atoms with Gasteiger partial charge in [-0.2, -0.15) is 0 Å². The van der Waals surface area contributed by atoms with Crippen molar-refractivity contribution in [3.63, 3.8) is 0 Å². The molecule has 0 radical (unpaired) electrons. The van der Waals surface area contributed by atoms with Gasteiger partial charge in [0.15, 0.2) is 11.6 Å². The zero-order chi connectivity index (χ0) is 60.0. The number of halogens is 2. The highest BCUT2D eigenvalue weighted by Crippen LogP contribution is 2.31. The van der Waals surface area contributed by atoms with Gasteiger partial charge in [-0.05, 0) is 68.3 Å². The normalized spacial score (nSPS) is 17.0. The van der Waals surface area contributed by atoms with Crippen molar-refractivity contribution < 1.29 is 66.1 Å². The van der Waals surface area contributed by atoms with E-state index in [2.05, 4.69) is 16.0 Å². The molecule has 0 aromatic heterocycles. The van der Waals surface area contributed by atoms with E-state index in [1.54, 1.807) is 103 Å². The lowest BCUT2D eigenvalue weighted by Crippen LogP contribution is -2.49. The van der Waals surface area contributed by atoms with Crippen LogP contribution in [0.15, 0.2) is 84.9 Å². The molecule has 4 aromatic rings. The number of alkyl carbamates (subject to hydrolysis) is 1. The second-order valence-electron chi connectivity index (χ2n) is 21.4. The number of Topliss-reactive ketones (excluding diaryl/α,β-unsaturated/α-hetero) is 2. The molecule has 24 heteroatoms. The van der Waals surface area contributed by atoms with Crippen LogP contribution in [0.2, 0.25) is 0 Å². The van der Waals surface area contributed by atoms with Gasteiger partial charge in [-0.1, -0.05) is 48.5 Å². The van der Waals surface area contributed by atoms with Crippen molar-refractivity contribution >= 4 is 76.2 Å². The fourth-order valence-electron chi connectivity index (χ4n) is 9.55. The molecule has 83 heavy (non-hydrogen) atoms. The highest BCUT2D eigenvalue weighted by molar-refractivity contribution is 5.99. The van der Waals surface area contributed by atoms with Crippen LogP contribution in [0.25, 0.3) is 0 Å². The minimum absolute atomic E-state index is 0.0586. The number of ether oxygens (including phenoxy) is 3. The van der Waals surface area contributed by atoms with Crippen molar-refractivity contribution in [2.45, 2.75) is 91.2 Å². The topological polar surface area (TPSA) is 263 Å². The first-order valence-corrected chi connectivity index (χ1v) is 27.5. The Bertz CT molecular complexity index is 3020. The number of ketones is 2. The second-order valence-corrected chi connectivity index (χ2v) is 21.4.